The first kappa shape index (κ1) is 26.1. The van der Waals surface area contributed by atoms with E-state index in [0.29, 0.717) is 23.0 Å². The highest BCUT2D eigenvalue weighted by Crippen LogP contribution is 2.28. The predicted molar refractivity (Wildman–Crippen MR) is 128 cm³/mol. The predicted octanol–water partition coefficient (Wildman–Crippen LogP) is 3.25. The maximum Gasteiger partial charge on any atom is 0.277 e. The molecule has 0 aliphatic carbocycles. The number of carbonyl (C=O) groups is 2. The van der Waals surface area contributed by atoms with E-state index in [1.54, 1.807) is 25.1 Å². The zero-order valence-electron chi connectivity index (χ0n) is 19.2. The van der Waals surface area contributed by atoms with E-state index < -0.39 is 44.0 Å². The van der Waals surface area contributed by atoms with Crippen LogP contribution < -0.4 is 10.7 Å². The normalized spacial score (nSPS) is 11.6. The molecule has 37 heavy (non-hydrogen) atoms. The van der Waals surface area contributed by atoms with E-state index in [4.69, 9.17) is 4.42 Å². The van der Waals surface area contributed by atoms with Crippen LogP contribution in [0.15, 0.2) is 58.0 Å². The van der Waals surface area contributed by atoms with Gasteiger partial charge in [0.1, 0.15) is 17.6 Å². The van der Waals surface area contributed by atoms with Crippen molar-refractivity contribution < 1.29 is 28.8 Å². The molecule has 190 valence electrons. The Balaban J connectivity index is 1.63. The molecule has 0 aliphatic heterocycles. The third-order valence-electron chi connectivity index (χ3n) is 5.01. The Bertz CT molecular complexity index is 1410. The van der Waals surface area contributed by atoms with Crippen LogP contribution in [0.5, 0.6) is 0 Å². The maximum atomic E-state index is 12.4. The molecule has 2 N–H and O–H groups in total. The van der Waals surface area contributed by atoms with Gasteiger partial charge in [0, 0.05) is 29.8 Å². The van der Waals surface area contributed by atoms with Gasteiger partial charge in [-0.2, -0.15) is 5.10 Å². The molecule has 0 bridgehead atoms. The first-order valence-corrected chi connectivity index (χ1v) is 10.4. The van der Waals surface area contributed by atoms with E-state index in [1.807, 2.05) is 0 Å². The lowest BCUT2D eigenvalue weighted by Gasteiger charge is -2.12. The lowest BCUT2D eigenvalue weighted by atomic mass is 10.1. The average Bonchev–Trinajstić information content (AvgIpc) is 3.31. The minimum Gasteiger partial charge on any atom is -0.455 e. The number of nitro benzene ring substituents is 3. The van der Waals surface area contributed by atoms with Gasteiger partial charge in [0.25, 0.3) is 28.9 Å². The number of benzene rings is 2. The van der Waals surface area contributed by atoms with Crippen molar-refractivity contribution in [1.82, 2.24) is 10.7 Å². The Morgan fingerprint density at radius 2 is 1.54 bits per heavy atom. The second-order valence-corrected chi connectivity index (χ2v) is 7.64. The van der Waals surface area contributed by atoms with Crippen molar-refractivity contribution in [3.63, 3.8) is 0 Å². The molecule has 2 aromatic carbocycles. The monoisotopic (exact) mass is 510 g/mol. The minimum absolute atomic E-state index is 0.0535. The summed E-state index contributed by atoms with van der Waals surface area (Å²) in [5, 5.41) is 38.9. The Morgan fingerprint density at radius 3 is 2.11 bits per heavy atom. The molecule has 0 spiro atoms. The third kappa shape index (κ3) is 6.36. The number of nitrogens with zero attached hydrogens (tertiary/aromatic N) is 4. The maximum absolute atomic E-state index is 12.4. The van der Waals surface area contributed by atoms with Gasteiger partial charge in [-0.15, -0.1) is 0 Å². The van der Waals surface area contributed by atoms with Crippen molar-refractivity contribution in [2.45, 2.75) is 19.9 Å². The van der Waals surface area contributed by atoms with E-state index in [0.717, 1.165) is 12.1 Å². The van der Waals surface area contributed by atoms with Crippen LogP contribution >= 0.6 is 0 Å². The first-order valence-electron chi connectivity index (χ1n) is 10.4. The van der Waals surface area contributed by atoms with Crippen molar-refractivity contribution in [3.8, 4) is 11.3 Å². The number of aryl methyl sites for hydroxylation is 1. The number of amides is 2. The molecule has 3 aromatic rings. The van der Waals surface area contributed by atoms with Crippen LogP contribution in [-0.2, 0) is 4.79 Å². The summed E-state index contributed by atoms with van der Waals surface area (Å²) >= 11 is 0. The first-order chi connectivity index (χ1) is 17.5. The second kappa shape index (κ2) is 10.9. The van der Waals surface area contributed by atoms with Gasteiger partial charge in [-0.3, -0.25) is 39.9 Å². The van der Waals surface area contributed by atoms with Crippen LogP contribution in [0.25, 0.3) is 11.3 Å². The highest BCUT2D eigenvalue weighted by Gasteiger charge is 2.22. The third-order valence-corrected chi connectivity index (χ3v) is 5.01. The number of rotatable bonds is 9. The van der Waals surface area contributed by atoms with Crippen LogP contribution in [0.2, 0.25) is 0 Å². The molecule has 0 saturated heterocycles. The Morgan fingerprint density at radius 1 is 0.919 bits per heavy atom. The van der Waals surface area contributed by atoms with Crippen LogP contribution in [0.4, 0.5) is 17.1 Å². The quantitative estimate of drug-likeness (QED) is 0.245. The van der Waals surface area contributed by atoms with Gasteiger partial charge in [0.2, 0.25) is 0 Å². The summed E-state index contributed by atoms with van der Waals surface area (Å²) in [5.74, 6) is -1.00. The number of carbonyl (C=O) groups excluding carboxylic acids is 2. The molecule has 1 aromatic heterocycles. The minimum atomic E-state index is -1.15. The molecule has 0 fully saturated rings. The van der Waals surface area contributed by atoms with E-state index in [2.05, 4.69) is 15.8 Å². The van der Waals surface area contributed by atoms with E-state index in [1.165, 1.54) is 25.3 Å². The lowest BCUT2D eigenvalue weighted by Crippen LogP contribution is -2.43. The molecule has 1 atom stereocenters. The number of nitro groups is 3. The highest BCUT2D eigenvalue weighted by atomic mass is 16.6. The van der Waals surface area contributed by atoms with E-state index in [-0.39, 0.29) is 17.0 Å². The Labute approximate surface area is 207 Å². The highest BCUT2D eigenvalue weighted by molar-refractivity contribution is 5.98. The van der Waals surface area contributed by atoms with Crippen molar-refractivity contribution in [2.24, 2.45) is 5.10 Å². The zero-order valence-corrected chi connectivity index (χ0v) is 19.2. The van der Waals surface area contributed by atoms with Gasteiger partial charge < -0.3 is 9.73 Å². The number of hydrogen-bond acceptors (Lipinski definition) is 10. The molecule has 0 saturated carbocycles. The second-order valence-electron chi connectivity index (χ2n) is 7.64. The molecule has 0 unspecified atom stereocenters. The summed E-state index contributed by atoms with van der Waals surface area (Å²) in [4.78, 5) is 55.3. The van der Waals surface area contributed by atoms with Gasteiger partial charge in [-0.05, 0) is 37.6 Å². The molecule has 15 nitrogen and oxygen atoms in total. The molecular weight excluding hydrogens is 492 g/mol. The smallest absolute Gasteiger partial charge is 0.277 e. The number of hydrogen-bond donors (Lipinski definition) is 2. The fraction of sp³-hybridized carbons (Fsp3) is 0.136. The molecular formula is C22H18N6O9. The largest absolute Gasteiger partial charge is 0.455 e. The number of furan rings is 1. The SMILES string of the molecule is Cc1cc([N+](=O)[O-])ccc1-c1ccc(/C=N\NC(=O)[C@H](C)NC(=O)c2cc([N+](=O)[O-])cc([N+](=O)[O-])c2)o1. The average molecular weight is 510 g/mol. The van der Waals surface area contributed by atoms with Crippen LogP contribution in [0.1, 0.15) is 28.6 Å². The number of hydrazone groups is 1. The summed E-state index contributed by atoms with van der Waals surface area (Å²) in [7, 11) is 0. The summed E-state index contributed by atoms with van der Waals surface area (Å²) in [5.41, 5.74) is 1.73. The molecule has 3 rings (SSSR count). The summed E-state index contributed by atoms with van der Waals surface area (Å²) in [6.07, 6.45) is 1.20. The van der Waals surface area contributed by atoms with Gasteiger partial charge >= 0.3 is 0 Å². The fourth-order valence-electron chi connectivity index (χ4n) is 3.14. The Kier molecular flexibility index (Phi) is 7.67. The molecule has 15 heteroatoms. The summed E-state index contributed by atoms with van der Waals surface area (Å²) < 4.78 is 5.63. The molecule has 0 aliphatic rings. The molecule has 1 heterocycles. The molecule has 0 radical (unpaired) electrons. The fourth-order valence-corrected chi connectivity index (χ4v) is 3.14. The van der Waals surface area contributed by atoms with Gasteiger partial charge in [0.15, 0.2) is 0 Å². The van der Waals surface area contributed by atoms with Crippen LogP contribution in [-0.4, -0.2) is 38.8 Å². The topological polar surface area (TPSA) is 213 Å². The van der Waals surface area contributed by atoms with Crippen LogP contribution in [0, 0.1) is 37.3 Å². The van der Waals surface area contributed by atoms with Gasteiger partial charge in [-0.25, -0.2) is 5.43 Å². The van der Waals surface area contributed by atoms with Gasteiger partial charge in [0.05, 0.1) is 32.6 Å². The van der Waals surface area contributed by atoms with Gasteiger partial charge in [-0.1, -0.05) is 0 Å². The summed E-state index contributed by atoms with van der Waals surface area (Å²) in [6.45, 7) is 3.01. The standard InChI is InChI=1S/C22H18N6O9/c1-12-7-15(26(31)32)3-5-19(12)20-6-4-18(37-20)11-23-25-21(29)13(2)24-22(30)14-8-16(27(33)34)10-17(9-14)28(35)36/h3-11,13H,1-2H3,(H,24,30)(H,25,29)/b23-11-/t13-/m0/s1. The number of non-ortho nitro benzene ring substituents is 3. The van der Waals surface area contributed by atoms with E-state index in [9.17, 15) is 39.9 Å². The van der Waals surface area contributed by atoms with Crippen molar-refractivity contribution in [1.29, 1.82) is 0 Å². The van der Waals surface area contributed by atoms with Crippen LogP contribution in [0.3, 0.4) is 0 Å². The number of nitrogens with one attached hydrogen (secondary N) is 2. The molecule has 2 amide bonds. The van der Waals surface area contributed by atoms with Crippen molar-refractivity contribution in [3.05, 3.63) is 95.8 Å². The lowest BCUT2D eigenvalue weighted by molar-refractivity contribution is -0.394. The van der Waals surface area contributed by atoms with E-state index >= 15 is 0 Å². The van der Waals surface area contributed by atoms with Crippen molar-refractivity contribution in [2.75, 3.05) is 0 Å². The Hall–Kier alpha value is -5.47. The van der Waals surface area contributed by atoms with Crippen molar-refractivity contribution >= 4 is 35.1 Å². The summed E-state index contributed by atoms with van der Waals surface area (Å²) in [6, 6.07) is 8.76. The zero-order chi connectivity index (χ0) is 27.3.